The van der Waals surface area contributed by atoms with Crippen LogP contribution in [0.15, 0.2) is 102 Å². The zero-order chi connectivity index (χ0) is 50.2. The van der Waals surface area contributed by atoms with Gasteiger partial charge in [0.05, 0.1) is 36.0 Å². The molecule has 18 nitrogen and oxygen atoms in total. The van der Waals surface area contributed by atoms with Crippen molar-refractivity contribution < 1.29 is 77.0 Å². The smallest absolute Gasteiger partial charge is 0.338 e. The van der Waals surface area contributed by atoms with E-state index in [9.17, 15) is 43.8 Å². The molecule has 0 spiro atoms. The van der Waals surface area contributed by atoms with E-state index in [1.807, 2.05) is 0 Å². The lowest BCUT2D eigenvalue weighted by molar-refractivity contribution is -0.346. The number of carbonyl (C=O) groups excluding carboxylic acids is 8. The number of Topliss-reactive ketones (excluding diaryl/α,β-unsaturated/α-hetero) is 1. The summed E-state index contributed by atoms with van der Waals surface area (Å²) < 4.78 is 36.8. The van der Waals surface area contributed by atoms with Crippen LogP contribution in [0.3, 0.4) is 0 Å². The van der Waals surface area contributed by atoms with Crippen molar-refractivity contribution in [2.24, 2.45) is 22.5 Å². The molecule has 3 aromatic rings. The molecular weight excluding hydrogens is 897 g/mol. The highest BCUT2D eigenvalue weighted by Gasteiger charge is 2.79. The van der Waals surface area contributed by atoms with Crippen LogP contribution in [0, 0.1) is 16.7 Å². The molecule has 0 aromatic heterocycles. The minimum Gasteiger partial charge on any atom is -0.461 e. The molecule has 69 heavy (non-hydrogen) atoms. The monoisotopic (exact) mass is 952 g/mol. The third-order valence-electron chi connectivity index (χ3n) is 14.3. The number of esters is 5. The van der Waals surface area contributed by atoms with Crippen molar-refractivity contribution in [2.75, 3.05) is 6.61 Å². The van der Waals surface area contributed by atoms with Crippen LogP contribution in [0.5, 0.6) is 0 Å². The Morgan fingerprint density at radius 1 is 0.812 bits per heavy atom. The van der Waals surface area contributed by atoms with Gasteiger partial charge in [-0.1, -0.05) is 80.6 Å². The number of aliphatic hydroxyl groups excluding tert-OH is 1. The summed E-state index contributed by atoms with van der Waals surface area (Å²) in [5.74, 6) is -9.08. The first-order valence-electron chi connectivity index (χ1n) is 22.6. The van der Waals surface area contributed by atoms with E-state index in [2.05, 4.69) is 5.32 Å². The molecule has 3 aromatic carbocycles. The van der Waals surface area contributed by atoms with E-state index < -0.39 is 144 Å². The Kier molecular flexibility index (Phi) is 14.0. The Morgan fingerprint density at radius 3 is 1.96 bits per heavy atom. The van der Waals surface area contributed by atoms with Crippen molar-refractivity contribution in [1.82, 2.24) is 5.32 Å². The summed E-state index contributed by atoms with van der Waals surface area (Å²) in [7, 11) is 0. The lowest BCUT2D eigenvalue weighted by Gasteiger charge is -2.67. The molecule has 3 fully saturated rings. The zero-order valence-electron chi connectivity index (χ0n) is 39.0. The van der Waals surface area contributed by atoms with Gasteiger partial charge in [-0.3, -0.25) is 28.8 Å². The van der Waals surface area contributed by atoms with Gasteiger partial charge in [0.15, 0.2) is 23.6 Å². The molecule has 2 saturated carbocycles. The van der Waals surface area contributed by atoms with Crippen LogP contribution in [0.1, 0.15) is 99.5 Å². The van der Waals surface area contributed by atoms with Gasteiger partial charge < -0.3 is 49.7 Å². The first-order chi connectivity index (χ1) is 32.6. The lowest BCUT2D eigenvalue weighted by Crippen LogP contribution is -2.82. The zero-order valence-corrected chi connectivity index (χ0v) is 39.0. The van der Waals surface area contributed by atoms with Crippen LogP contribution in [0.4, 0.5) is 0 Å². The SMILES string of the molecule is CC(=O)O[C@H]1C(=O)[C@]2(C)[C@@H](OC(=O)CCC(N)=O)C[C@H]3OC[C@@]3(OC(C)=O)[C@H]2[C@H](OC(=O)c2ccccc2)[C@]2(O)C[C@H](OC(=O)[C@H](O)[C@@H](NC(=O)c3ccccc3)c3ccccc3)C(C)=C1C2(C)C. The molecule has 0 unspecified atom stereocenters. The fourth-order valence-electron chi connectivity index (χ4n) is 10.8. The normalized spacial score (nSPS) is 29.7. The topological polar surface area (TPSA) is 270 Å². The predicted molar refractivity (Wildman–Crippen MR) is 240 cm³/mol. The molecule has 2 amide bonds. The Hall–Kier alpha value is -6.76. The van der Waals surface area contributed by atoms with Crippen molar-refractivity contribution in [2.45, 2.75) is 121 Å². The molecule has 11 atom stereocenters. The second-order valence-corrected chi connectivity index (χ2v) is 18.8. The molecule has 1 heterocycles. The number of rotatable bonds is 14. The molecule has 366 valence electrons. The number of nitrogens with two attached hydrogens (primary N) is 1. The van der Waals surface area contributed by atoms with E-state index in [-0.39, 0.29) is 28.7 Å². The van der Waals surface area contributed by atoms with Crippen molar-refractivity contribution in [3.8, 4) is 0 Å². The fourth-order valence-corrected chi connectivity index (χ4v) is 10.8. The second-order valence-electron chi connectivity index (χ2n) is 18.8. The Morgan fingerprint density at radius 2 is 1.41 bits per heavy atom. The number of aliphatic hydroxyl groups is 2. The van der Waals surface area contributed by atoms with Gasteiger partial charge in [-0.05, 0) is 54.8 Å². The van der Waals surface area contributed by atoms with E-state index >= 15 is 4.79 Å². The first kappa shape index (κ1) is 50.1. The summed E-state index contributed by atoms with van der Waals surface area (Å²) in [4.78, 5) is 110. The van der Waals surface area contributed by atoms with Gasteiger partial charge in [-0.15, -0.1) is 0 Å². The van der Waals surface area contributed by atoms with Crippen molar-refractivity contribution in [3.63, 3.8) is 0 Å². The van der Waals surface area contributed by atoms with Crippen molar-refractivity contribution in [1.29, 1.82) is 0 Å². The second kappa shape index (κ2) is 19.3. The standard InChI is InChI=1S/C51H56N2O16/c1-27-33(66-47(62)40(58)39(30-16-10-7-11-17-30)53-45(60)31-18-12-8-13-19-31)25-51(63)44(68-46(61)32-20-14-9-15-21-32)42-49(6,43(59)41(65-28(2)54)38(27)48(51,4)5)34(67-37(57)23-22-36(52)56)24-35-50(42,26-64-35)69-29(3)55/h7-21,33-35,39-42,44,58,63H,22-26H2,1-6H3,(H2,52,56)(H,53,60)/t33-,34-,35+,39-,40+,41+,42-,44-,49+,50-,51+/m0/s1. The van der Waals surface area contributed by atoms with Crippen LogP contribution in [0.25, 0.3) is 0 Å². The highest BCUT2D eigenvalue weighted by molar-refractivity contribution is 5.96. The minimum atomic E-state index is -2.50. The third kappa shape index (κ3) is 9.15. The lowest BCUT2D eigenvalue weighted by atomic mass is 9.44. The van der Waals surface area contributed by atoms with Gasteiger partial charge in [0.1, 0.15) is 30.0 Å². The average Bonchev–Trinajstić information content (AvgIpc) is 3.30. The van der Waals surface area contributed by atoms with Crippen molar-refractivity contribution >= 4 is 47.4 Å². The molecule has 5 N–H and O–H groups in total. The summed E-state index contributed by atoms with van der Waals surface area (Å²) >= 11 is 0. The maximum absolute atomic E-state index is 16.0. The first-order valence-corrected chi connectivity index (χ1v) is 22.6. The van der Waals surface area contributed by atoms with Gasteiger partial charge in [-0.2, -0.15) is 0 Å². The van der Waals surface area contributed by atoms with Gasteiger partial charge in [0, 0.05) is 44.1 Å². The highest BCUT2D eigenvalue weighted by Crippen LogP contribution is 2.65. The van der Waals surface area contributed by atoms with Crippen LogP contribution >= 0.6 is 0 Å². The summed E-state index contributed by atoms with van der Waals surface area (Å²) in [6, 6.07) is 22.6. The highest BCUT2D eigenvalue weighted by atomic mass is 16.6. The van der Waals surface area contributed by atoms with Gasteiger partial charge in [-0.25, -0.2) is 9.59 Å². The Bertz CT molecular complexity index is 2550. The van der Waals surface area contributed by atoms with E-state index in [0.29, 0.717) is 5.56 Å². The molecule has 4 aliphatic rings. The molecule has 3 aliphatic carbocycles. The maximum Gasteiger partial charge on any atom is 0.338 e. The molecule has 1 saturated heterocycles. The van der Waals surface area contributed by atoms with Gasteiger partial charge >= 0.3 is 29.8 Å². The summed E-state index contributed by atoms with van der Waals surface area (Å²) in [6.45, 7) is 7.68. The number of benzene rings is 3. The predicted octanol–water partition coefficient (Wildman–Crippen LogP) is 3.55. The molecule has 1 aliphatic heterocycles. The third-order valence-corrected chi connectivity index (χ3v) is 14.3. The molecule has 0 radical (unpaired) electrons. The summed E-state index contributed by atoms with van der Waals surface area (Å²) in [5, 5.41) is 28.5. The number of ketones is 1. The number of nitrogens with one attached hydrogen (secondary N) is 1. The van der Waals surface area contributed by atoms with Gasteiger partial charge in [0.25, 0.3) is 5.91 Å². The summed E-state index contributed by atoms with van der Waals surface area (Å²) in [5.41, 5.74) is -2.40. The number of fused-ring (bicyclic) bond motifs is 5. The maximum atomic E-state index is 16.0. The van der Waals surface area contributed by atoms with Crippen LogP contribution in [-0.4, -0.2) is 112 Å². The number of hydrogen-bond donors (Lipinski definition) is 4. The number of primary amides is 1. The largest absolute Gasteiger partial charge is 0.461 e. The summed E-state index contributed by atoms with van der Waals surface area (Å²) in [6.07, 6.45) is -12.0. The Balaban J connectivity index is 1.42. The molecular formula is C51H56N2O16. The molecule has 7 rings (SSSR count). The average molecular weight is 953 g/mol. The Labute approximate surface area is 397 Å². The van der Waals surface area contributed by atoms with Crippen LogP contribution < -0.4 is 11.1 Å². The van der Waals surface area contributed by atoms with E-state index in [4.69, 9.17) is 34.2 Å². The quantitative estimate of drug-likeness (QED) is 0.102. The molecule has 2 bridgehead atoms. The van der Waals surface area contributed by atoms with E-state index in [1.54, 1.807) is 78.9 Å². The van der Waals surface area contributed by atoms with Crippen molar-refractivity contribution in [3.05, 3.63) is 119 Å². The number of amides is 2. The number of ether oxygens (including phenoxy) is 6. The van der Waals surface area contributed by atoms with E-state index in [0.717, 1.165) is 13.8 Å². The van der Waals surface area contributed by atoms with Gasteiger partial charge in [0.2, 0.25) is 5.91 Å². The minimum absolute atomic E-state index is 0.0123. The number of hydrogen-bond acceptors (Lipinski definition) is 16. The fraction of sp³-hybridized carbons (Fsp3) is 0.451. The number of carbonyl (C=O) groups is 8. The van der Waals surface area contributed by atoms with E-state index in [1.165, 1.54) is 39.8 Å². The molecule has 18 heteroatoms. The van der Waals surface area contributed by atoms with Crippen LogP contribution in [-0.2, 0) is 57.2 Å². The van der Waals surface area contributed by atoms with Crippen LogP contribution in [0.2, 0.25) is 0 Å².